The fourth-order valence-electron chi connectivity index (χ4n) is 16.9. The van der Waals surface area contributed by atoms with Crippen molar-refractivity contribution in [1.82, 2.24) is 14.7 Å². The fraction of sp³-hybridized carbons (Fsp3) is 0.951. The molecule has 45 heavy (non-hydrogen) atoms. The van der Waals surface area contributed by atoms with Gasteiger partial charge in [0, 0.05) is 65.2 Å². The van der Waals surface area contributed by atoms with Crippen LogP contribution in [0.4, 0.5) is 0 Å². The number of hydrogen-bond donors (Lipinski definition) is 0. The summed E-state index contributed by atoms with van der Waals surface area (Å²) < 4.78 is 0. The van der Waals surface area contributed by atoms with Crippen LogP contribution in [0.3, 0.4) is 0 Å². The molecular weight excluding hydrogens is 565 g/mol. The molecule has 3 nitrogen and oxygen atoms in total. The summed E-state index contributed by atoms with van der Waals surface area (Å²) in [5, 5.41) is 0. The van der Waals surface area contributed by atoms with Crippen molar-refractivity contribution in [2.75, 3.05) is 0 Å². The number of hydrogen-bond acceptors (Lipinski definition) is 3. The van der Waals surface area contributed by atoms with Crippen LogP contribution in [0.1, 0.15) is 144 Å². The smallest absolute Gasteiger partial charge is 0.0580 e. The standard InChI is InChI=1S/C41H64N3P/c1-6-13-23-20-21-32-37-33(23)43-30-18-11-8-15-25(30)40(2,3)27-22-28-36-38(35(27)43)45(37)39-34(24-14-7-10-17-29(24)42(32)39)44(36)31-19-12-9-16-26(31)41(28,4)5/h23-33,35-38H,6-22H2,1-5H3. The lowest BCUT2D eigenvalue weighted by molar-refractivity contribution is -0.201. The maximum Gasteiger partial charge on any atom is 0.0580 e. The molecule has 248 valence electrons. The molecule has 5 saturated carbocycles. The molecule has 0 amide bonds. The highest BCUT2D eigenvalue weighted by molar-refractivity contribution is 7.64. The van der Waals surface area contributed by atoms with E-state index in [2.05, 4.69) is 60.5 Å². The third-order valence-corrected chi connectivity index (χ3v) is 21.7. The molecule has 4 heteroatoms. The van der Waals surface area contributed by atoms with E-state index < -0.39 is 0 Å². The second-order valence-corrected chi connectivity index (χ2v) is 22.4. The van der Waals surface area contributed by atoms with Gasteiger partial charge in [0.1, 0.15) is 0 Å². The van der Waals surface area contributed by atoms with Crippen LogP contribution in [0, 0.1) is 46.3 Å². The van der Waals surface area contributed by atoms with Crippen molar-refractivity contribution in [1.29, 1.82) is 0 Å². The minimum atomic E-state index is -0.0745. The molecule has 0 radical (unpaired) electrons. The summed E-state index contributed by atoms with van der Waals surface area (Å²) in [5.74, 6) is 5.52. The first-order valence-corrected chi connectivity index (χ1v) is 22.2. The SMILES string of the molecule is CCCC1CCC2C3C1N1C4CCCCC4C(C)(C)C4CC5C6C(C41)P3C1=C(C3CCCCC3N12)N6C1CCCCC1C5(C)C. The number of piperidine rings is 2. The summed E-state index contributed by atoms with van der Waals surface area (Å²) in [4.78, 5) is 10.3. The van der Waals surface area contributed by atoms with Crippen LogP contribution in [0.25, 0.3) is 0 Å². The molecule has 0 N–H and O–H groups in total. The lowest BCUT2D eigenvalue weighted by Crippen LogP contribution is -2.81. The average molecular weight is 630 g/mol. The van der Waals surface area contributed by atoms with Crippen molar-refractivity contribution in [2.45, 2.75) is 197 Å². The van der Waals surface area contributed by atoms with Gasteiger partial charge in [-0.25, -0.2) is 0 Å². The summed E-state index contributed by atoms with van der Waals surface area (Å²) in [5.41, 5.74) is 7.11. The van der Waals surface area contributed by atoms with Gasteiger partial charge in [-0.3, -0.25) is 4.90 Å². The Morgan fingerprint density at radius 1 is 0.600 bits per heavy atom. The zero-order chi connectivity index (χ0) is 30.1. The summed E-state index contributed by atoms with van der Waals surface area (Å²) in [7, 11) is -0.0745. The van der Waals surface area contributed by atoms with Crippen LogP contribution in [-0.4, -0.2) is 68.3 Å². The minimum absolute atomic E-state index is 0.0745. The molecular formula is C41H64N3P. The van der Waals surface area contributed by atoms with E-state index in [9.17, 15) is 0 Å². The number of rotatable bonds is 2. The van der Waals surface area contributed by atoms with E-state index in [1.165, 1.54) is 103 Å². The Balaban J connectivity index is 1.18. The Labute approximate surface area is 276 Å². The van der Waals surface area contributed by atoms with E-state index in [1.54, 1.807) is 6.42 Å². The van der Waals surface area contributed by atoms with Crippen LogP contribution in [0.5, 0.6) is 0 Å². The fourth-order valence-corrected chi connectivity index (χ4v) is 21.7. The molecule has 6 aliphatic heterocycles. The highest BCUT2D eigenvalue weighted by Gasteiger charge is 2.77. The maximum absolute atomic E-state index is 3.53. The number of fused-ring (bicyclic) bond motifs is 10. The van der Waals surface area contributed by atoms with Crippen molar-refractivity contribution in [2.24, 2.45) is 46.3 Å². The van der Waals surface area contributed by atoms with Gasteiger partial charge in [-0.15, -0.1) is 0 Å². The Morgan fingerprint density at radius 3 is 2.00 bits per heavy atom. The molecule has 0 aromatic heterocycles. The molecule has 0 spiro atoms. The third kappa shape index (κ3) is 3.26. The first-order valence-electron chi connectivity index (χ1n) is 20.7. The zero-order valence-corrected chi connectivity index (χ0v) is 30.4. The topological polar surface area (TPSA) is 9.72 Å². The van der Waals surface area contributed by atoms with Crippen LogP contribution in [0.2, 0.25) is 0 Å². The molecule has 0 bridgehead atoms. The van der Waals surface area contributed by atoms with Gasteiger partial charge in [0.05, 0.1) is 5.44 Å². The Hall–Kier alpha value is -0.270. The summed E-state index contributed by atoms with van der Waals surface area (Å²) in [6.07, 6.45) is 25.6. The molecule has 9 fully saturated rings. The van der Waals surface area contributed by atoms with Crippen molar-refractivity contribution in [3.63, 3.8) is 0 Å². The molecule has 6 heterocycles. The molecule has 11 rings (SSSR count). The van der Waals surface area contributed by atoms with Gasteiger partial charge in [0.15, 0.2) is 0 Å². The van der Waals surface area contributed by atoms with Gasteiger partial charge in [-0.1, -0.05) is 79.6 Å². The summed E-state index contributed by atoms with van der Waals surface area (Å²) >= 11 is 0. The van der Waals surface area contributed by atoms with E-state index in [-0.39, 0.29) is 7.92 Å². The summed E-state index contributed by atoms with van der Waals surface area (Å²) in [6, 6.07) is 6.12. The Morgan fingerprint density at radius 2 is 1.24 bits per heavy atom. The lowest BCUT2D eigenvalue weighted by Gasteiger charge is -2.76. The molecule has 0 aromatic carbocycles. The normalized spacial score (nSPS) is 55.9. The predicted octanol–water partition coefficient (Wildman–Crippen LogP) is 9.41. The molecule has 5 aliphatic carbocycles. The van der Waals surface area contributed by atoms with Gasteiger partial charge < -0.3 is 9.80 Å². The molecule has 4 saturated heterocycles. The maximum atomic E-state index is 3.53. The molecule has 16 atom stereocenters. The van der Waals surface area contributed by atoms with E-state index in [4.69, 9.17) is 0 Å². The lowest BCUT2D eigenvalue weighted by atomic mass is 9.46. The van der Waals surface area contributed by atoms with Crippen molar-refractivity contribution >= 4 is 7.92 Å². The van der Waals surface area contributed by atoms with Crippen molar-refractivity contribution in [3.05, 3.63) is 11.1 Å². The monoisotopic (exact) mass is 629 g/mol. The number of nitrogens with zero attached hydrogens (tertiary/aromatic N) is 3. The highest BCUT2D eigenvalue weighted by Crippen LogP contribution is 2.82. The van der Waals surface area contributed by atoms with E-state index >= 15 is 0 Å². The van der Waals surface area contributed by atoms with E-state index in [0.717, 1.165) is 89.1 Å². The second kappa shape index (κ2) is 9.49. The molecule has 16 unspecified atom stereocenters. The van der Waals surface area contributed by atoms with Gasteiger partial charge >= 0.3 is 0 Å². The highest BCUT2D eigenvalue weighted by atomic mass is 31.1. The largest absolute Gasteiger partial charge is 0.366 e. The average Bonchev–Trinajstić information content (AvgIpc) is 3.57. The van der Waals surface area contributed by atoms with Gasteiger partial charge in [0.25, 0.3) is 0 Å². The van der Waals surface area contributed by atoms with Crippen LogP contribution < -0.4 is 0 Å². The second-order valence-electron chi connectivity index (χ2n) is 20.0. The Bertz CT molecular complexity index is 1290. The molecule has 11 aliphatic rings. The first kappa shape index (κ1) is 28.6. The van der Waals surface area contributed by atoms with Crippen LogP contribution in [-0.2, 0) is 0 Å². The van der Waals surface area contributed by atoms with Crippen molar-refractivity contribution in [3.8, 4) is 0 Å². The van der Waals surface area contributed by atoms with Crippen LogP contribution >= 0.6 is 7.92 Å². The predicted molar refractivity (Wildman–Crippen MR) is 186 cm³/mol. The molecule has 0 aromatic rings. The first-order chi connectivity index (χ1) is 21.9. The third-order valence-electron chi connectivity index (χ3n) is 18.2. The zero-order valence-electron chi connectivity index (χ0n) is 29.5. The summed E-state index contributed by atoms with van der Waals surface area (Å²) in [6.45, 7) is 13.8. The van der Waals surface area contributed by atoms with Gasteiger partial charge in [-0.05, 0) is 113 Å². The quantitative estimate of drug-likeness (QED) is 0.282. The van der Waals surface area contributed by atoms with E-state index in [0.29, 0.717) is 10.8 Å². The van der Waals surface area contributed by atoms with Gasteiger partial charge in [-0.2, -0.15) is 0 Å². The minimum Gasteiger partial charge on any atom is -0.366 e. The van der Waals surface area contributed by atoms with E-state index in [1.807, 2.05) is 0 Å². The van der Waals surface area contributed by atoms with Gasteiger partial charge in [0.2, 0.25) is 0 Å². The van der Waals surface area contributed by atoms with Crippen molar-refractivity contribution < 1.29 is 0 Å². The Kier molecular flexibility index (Phi) is 6.02. The van der Waals surface area contributed by atoms with Crippen LogP contribution in [0.15, 0.2) is 11.1 Å².